The molecule has 1 unspecified atom stereocenters. The number of hydrogen-bond acceptors (Lipinski definition) is 4. The molecule has 1 saturated carbocycles. The number of alkyl halides is 3. The number of rotatable bonds is 6. The van der Waals surface area contributed by atoms with E-state index in [9.17, 15) is 22.8 Å². The van der Waals surface area contributed by atoms with Gasteiger partial charge in [0.15, 0.2) is 0 Å². The molecule has 200 valence electrons. The fraction of sp³-hybridized carbons (Fsp3) is 0.393. The predicted octanol–water partition coefficient (Wildman–Crippen LogP) is 6.15. The first-order valence-electron chi connectivity index (χ1n) is 12.7. The van der Waals surface area contributed by atoms with Crippen molar-refractivity contribution in [1.82, 2.24) is 14.7 Å². The maximum absolute atomic E-state index is 15.7. The minimum atomic E-state index is -4.40. The molecule has 1 aliphatic heterocycles. The highest BCUT2D eigenvalue weighted by atomic mass is 19.4. The molecule has 2 fully saturated rings. The Morgan fingerprint density at radius 1 is 1.08 bits per heavy atom. The Bertz CT molecular complexity index is 1360. The van der Waals surface area contributed by atoms with Crippen molar-refractivity contribution in [3.8, 4) is 16.8 Å². The lowest BCUT2D eigenvalue weighted by Crippen LogP contribution is -2.44. The van der Waals surface area contributed by atoms with E-state index in [1.165, 1.54) is 24.4 Å². The van der Waals surface area contributed by atoms with Crippen LogP contribution in [0.15, 0.2) is 48.7 Å². The third kappa shape index (κ3) is 5.04. The van der Waals surface area contributed by atoms with Gasteiger partial charge >= 0.3 is 12.1 Å². The first kappa shape index (κ1) is 25.9. The molecule has 0 bridgehead atoms. The van der Waals surface area contributed by atoms with Gasteiger partial charge in [0.25, 0.3) is 5.91 Å². The van der Waals surface area contributed by atoms with E-state index in [1.807, 2.05) is 0 Å². The number of benzene rings is 2. The van der Waals surface area contributed by atoms with Crippen molar-refractivity contribution in [3.63, 3.8) is 0 Å². The molecule has 2 aliphatic rings. The van der Waals surface area contributed by atoms with Gasteiger partial charge in [-0.1, -0.05) is 24.3 Å². The van der Waals surface area contributed by atoms with Crippen LogP contribution in [0.3, 0.4) is 0 Å². The second-order valence-electron chi connectivity index (χ2n) is 9.70. The number of piperidine rings is 1. The fourth-order valence-corrected chi connectivity index (χ4v) is 5.00. The maximum atomic E-state index is 15.7. The van der Waals surface area contributed by atoms with E-state index in [2.05, 4.69) is 5.10 Å². The smallest absolute Gasteiger partial charge is 0.393 e. The van der Waals surface area contributed by atoms with Gasteiger partial charge in [-0.05, 0) is 56.4 Å². The molecule has 6 nitrogen and oxygen atoms in total. The molecule has 0 N–H and O–H groups in total. The van der Waals surface area contributed by atoms with Crippen LogP contribution in [0.5, 0.6) is 0 Å². The third-order valence-corrected chi connectivity index (χ3v) is 7.07. The Kier molecular flexibility index (Phi) is 6.98. The molecular weight excluding hydrogens is 502 g/mol. The maximum Gasteiger partial charge on any atom is 0.393 e. The number of halogens is 4. The van der Waals surface area contributed by atoms with Crippen molar-refractivity contribution < 1.29 is 31.9 Å². The van der Waals surface area contributed by atoms with Crippen molar-refractivity contribution in [1.29, 1.82) is 0 Å². The third-order valence-electron chi connectivity index (χ3n) is 7.07. The molecule has 3 aromatic rings. The standard InChI is InChI=1S/C28H27F4N3O3/c1-2-38-27(37)23-15-33-35(25(23)17-11-12-17)20-8-3-6-18(14-20)21-9-4-10-22(24(21)29)26(36)34-13-5-7-19(16-34)28(30,31)32/h3-4,6,8-10,14-15,17,19H,2,5,7,11-13,16H2,1H3. The lowest BCUT2D eigenvalue weighted by Gasteiger charge is -2.33. The van der Waals surface area contributed by atoms with E-state index in [0.717, 1.165) is 23.4 Å². The number of amides is 1. The van der Waals surface area contributed by atoms with Gasteiger partial charge in [-0.2, -0.15) is 18.3 Å². The normalized spacial score (nSPS) is 17.9. The molecule has 10 heteroatoms. The van der Waals surface area contributed by atoms with Crippen LogP contribution >= 0.6 is 0 Å². The molecule has 1 aliphatic carbocycles. The van der Waals surface area contributed by atoms with Gasteiger partial charge in [0.2, 0.25) is 0 Å². The quantitative estimate of drug-likeness (QED) is 0.284. The van der Waals surface area contributed by atoms with Crippen molar-refractivity contribution in [3.05, 3.63) is 71.3 Å². The Morgan fingerprint density at radius 3 is 2.55 bits per heavy atom. The second kappa shape index (κ2) is 10.2. The Labute approximate surface area is 217 Å². The summed E-state index contributed by atoms with van der Waals surface area (Å²) in [5.74, 6) is -3.43. The Balaban J connectivity index is 1.46. The topological polar surface area (TPSA) is 64.4 Å². The minimum Gasteiger partial charge on any atom is -0.462 e. The summed E-state index contributed by atoms with van der Waals surface area (Å²) in [5.41, 5.74) is 2.11. The molecule has 38 heavy (non-hydrogen) atoms. The lowest BCUT2D eigenvalue weighted by atomic mass is 9.96. The molecule has 0 spiro atoms. The van der Waals surface area contributed by atoms with Crippen LogP contribution in [-0.2, 0) is 4.74 Å². The zero-order valence-electron chi connectivity index (χ0n) is 20.8. The van der Waals surface area contributed by atoms with E-state index in [4.69, 9.17) is 4.74 Å². The van der Waals surface area contributed by atoms with Crippen molar-refractivity contribution in [2.45, 2.75) is 44.7 Å². The van der Waals surface area contributed by atoms with Gasteiger partial charge in [-0.3, -0.25) is 4.79 Å². The summed E-state index contributed by atoms with van der Waals surface area (Å²) in [4.78, 5) is 26.6. The molecule has 2 aromatic carbocycles. The number of likely N-dealkylation sites (tertiary alicyclic amines) is 1. The minimum absolute atomic E-state index is 0.0449. The van der Waals surface area contributed by atoms with Gasteiger partial charge in [0, 0.05) is 24.6 Å². The van der Waals surface area contributed by atoms with Gasteiger partial charge in [-0.25, -0.2) is 13.9 Å². The number of carbonyl (C=O) groups excluding carboxylic acids is 2. The van der Waals surface area contributed by atoms with Crippen LogP contribution < -0.4 is 0 Å². The summed E-state index contributed by atoms with van der Waals surface area (Å²) >= 11 is 0. The number of ether oxygens (including phenoxy) is 1. The average Bonchev–Trinajstić information content (AvgIpc) is 3.65. The van der Waals surface area contributed by atoms with Gasteiger partial charge in [0.05, 0.1) is 35.7 Å². The van der Waals surface area contributed by atoms with E-state index < -0.39 is 36.3 Å². The molecule has 1 aromatic heterocycles. The van der Waals surface area contributed by atoms with Gasteiger partial charge < -0.3 is 9.64 Å². The highest BCUT2D eigenvalue weighted by molar-refractivity contribution is 5.96. The van der Waals surface area contributed by atoms with Crippen LogP contribution in [0.2, 0.25) is 0 Å². The van der Waals surface area contributed by atoms with E-state index in [1.54, 1.807) is 35.9 Å². The summed E-state index contributed by atoms with van der Waals surface area (Å²) in [6, 6.07) is 11.2. The molecule has 0 radical (unpaired) electrons. The van der Waals surface area contributed by atoms with Crippen LogP contribution in [0.4, 0.5) is 17.6 Å². The molecule has 1 amide bonds. The highest BCUT2D eigenvalue weighted by Gasteiger charge is 2.43. The summed E-state index contributed by atoms with van der Waals surface area (Å²) in [6.45, 7) is 1.65. The molecule has 2 heterocycles. The fourth-order valence-electron chi connectivity index (χ4n) is 5.00. The SMILES string of the molecule is CCOC(=O)c1cnn(-c2cccc(-c3cccc(C(=O)N4CCCC(C(F)(F)F)C4)c3F)c2)c1C1CC1. The summed E-state index contributed by atoms with van der Waals surface area (Å²) in [7, 11) is 0. The second-order valence-corrected chi connectivity index (χ2v) is 9.70. The number of aromatic nitrogens is 2. The molecule has 5 rings (SSSR count). The largest absolute Gasteiger partial charge is 0.462 e. The zero-order valence-corrected chi connectivity index (χ0v) is 20.8. The molecule has 1 saturated heterocycles. The van der Waals surface area contributed by atoms with Crippen molar-refractivity contribution in [2.75, 3.05) is 19.7 Å². The monoisotopic (exact) mass is 529 g/mol. The number of nitrogens with zero attached hydrogens (tertiary/aromatic N) is 3. The Morgan fingerprint density at radius 2 is 1.84 bits per heavy atom. The van der Waals surface area contributed by atoms with Crippen molar-refractivity contribution >= 4 is 11.9 Å². The first-order chi connectivity index (χ1) is 18.2. The zero-order chi connectivity index (χ0) is 27.0. The highest BCUT2D eigenvalue weighted by Crippen LogP contribution is 2.43. The van der Waals surface area contributed by atoms with Crippen LogP contribution in [0.1, 0.15) is 64.9 Å². The summed E-state index contributed by atoms with van der Waals surface area (Å²) < 4.78 is 62.3. The average molecular weight is 530 g/mol. The van der Waals surface area contributed by atoms with Crippen LogP contribution in [0.25, 0.3) is 16.8 Å². The van der Waals surface area contributed by atoms with E-state index >= 15 is 4.39 Å². The summed E-state index contributed by atoms with van der Waals surface area (Å²) in [6.07, 6.45) is -0.925. The number of hydrogen-bond donors (Lipinski definition) is 0. The van der Waals surface area contributed by atoms with Crippen molar-refractivity contribution in [2.24, 2.45) is 5.92 Å². The van der Waals surface area contributed by atoms with Crippen LogP contribution in [0, 0.1) is 11.7 Å². The molecular formula is C28H27F4N3O3. The summed E-state index contributed by atoms with van der Waals surface area (Å²) in [5, 5.41) is 4.41. The number of carbonyl (C=O) groups is 2. The van der Waals surface area contributed by atoms with Gasteiger partial charge in [0.1, 0.15) is 11.4 Å². The Hall–Kier alpha value is -3.69. The number of esters is 1. The predicted molar refractivity (Wildman–Crippen MR) is 132 cm³/mol. The van der Waals surface area contributed by atoms with Crippen LogP contribution in [-0.4, -0.2) is 52.4 Å². The van der Waals surface area contributed by atoms with Gasteiger partial charge in [-0.15, -0.1) is 0 Å². The lowest BCUT2D eigenvalue weighted by molar-refractivity contribution is -0.184. The van der Waals surface area contributed by atoms with E-state index in [0.29, 0.717) is 16.8 Å². The van der Waals surface area contributed by atoms with E-state index in [-0.39, 0.29) is 43.0 Å². The first-order valence-corrected chi connectivity index (χ1v) is 12.7. The molecule has 1 atom stereocenters.